The molecule has 0 aliphatic heterocycles. The molecule has 7 heteroatoms. The number of hydrogen-bond donors (Lipinski definition) is 1. The number of hydrogen-bond acceptors (Lipinski definition) is 1. The Kier molecular flexibility index (Phi) is 5.94. The third-order valence-corrected chi connectivity index (χ3v) is 2.93. The summed E-state index contributed by atoms with van der Waals surface area (Å²) in [5.74, 6) is -0.368. The highest BCUT2D eigenvalue weighted by atomic mass is 35.5. The van der Waals surface area contributed by atoms with Crippen molar-refractivity contribution in [2.24, 2.45) is 0 Å². The Morgan fingerprint density at radius 3 is 2.37 bits per heavy atom. The molecule has 0 bridgehead atoms. The van der Waals surface area contributed by atoms with E-state index in [1.54, 1.807) is 12.1 Å². The fourth-order valence-electron chi connectivity index (χ4n) is 1.40. The summed E-state index contributed by atoms with van der Waals surface area (Å²) in [5.41, 5.74) is 0.395. The second-order valence-electron chi connectivity index (χ2n) is 3.97. The molecular formula is C12H12Cl2F3NO. The van der Waals surface area contributed by atoms with E-state index < -0.39 is 18.0 Å². The Hall–Kier alpha value is -0.940. The minimum Gasteiger partial charge on any atom is -0.352 e. The third kappa shape index (κ3) is 6.68. The molecule has 1 N–H and O–H groups in total. The van der Waals surface area contributed by atoms with Gasteiger partial charge in [-0.15, -0.1) is 11.6 Å². The van der Waals surface area contributed by atoms with Gasteiger partial charge in [0.05, 0.1) is 6.42 Å². The van der Waals surface area contributed by atoms with E-state index in [-0.39, 0.29) is 18.9 Å². The van der Waals surface area contributed by atoms with Gasteiger partial charge in [-0.1, -0.05) is 11.6 Å². The smallest absolute Gasteiger partial charge is 0.352 e. The van der Waals surface area contributed by atoms with Crippen LogP contribution in [0.15, 0.2) is 24.3 Å². The lowest BCUT2D eigenvalue weighted by Crippen LogP contribution is -2.27. The van der Waals surface area contributed by atoms with Gasteiger partial charge in [0.15, 0.2) is 0 Å². The molecular weight excluding hydrogens is 302 g/mol. The van der Waals surface area contributed by atoms with Crippen molar-refractivity contribution in [3.05, 3.63) is 34.9 Å². The van der Waals surface area contributed by atoms with Crippen molar-refractivity contribution in [3.63, 3.8) is 0 Å². The average molecular weight is 314 g/mol. The number of carbonyl (C=O) groups is 1. The van der Waals surface area contributed by atoms with Crippen molar-refractivity contribution in [2.75, 3.05) is 6.54 Å². The van der Waals surface area contributed by atoms with Gasteiger partial charge in [0.2, 0.25) is 0 Å². The summed E-state index contributed by atoms with van der Waals surface area (Å²) in [5, 5.41) is 1.97. The number of nitrogens with one attached hydrogen (secondary N) is 1. The standard InChI is InChI=1S/C12H12Cl2F3NO/c13-9-3-1-8(2-4-9)11(19)18-6-5-10(14)7-12(15,16)17/h1-4,10H,5-7H2,(H,18,19)/t10-/m1/s1. The van der Waals surface area contributed by atoms with Gasteiger partial charge in [0, 0.05) is 22.5 Å². The molecule has 0 radical (unpaired) electrons. The largest absolute Gasteiger partial charge is 0.390 e. The summed E-state index contributed by atoms with van der Waals surface area (Å²) in [7, 11) is 0. The summed E-state index contributed by atoms with van der Waals surface area (Å²) >= 11 is 11.2. The summed E-state index contributed by atoms with van der Waals surface area (Å²) in [4.78, 5) is 11.6. The van der Waals surface area contributed by atoms with Crippen molar-refractivity contribution in [3.8, 4) is 0 Å². The van der Waals surface area contributed by atoms with Crippen LogP contribution in [0.4, 0.5) is 13.2 Å². The number of alkyl halides is 4. The predicted octanol–water partition coefficient (Wildman–Crippen LogP) is 4.02. The number of rotatable bonds is 5. The van der Waals surface area contributed by atoms with Crippen LogP contribution < -0.4 is 5.32 Å². The van der Waals surface area contributed by atoms with E-state index in [2.05, 4.69) is 5.32 Å². The Labute approximate surface area is 118 Å². The Morgan fingerprint density at radius 1 is 1.26 bits per heavy atom. The molecule has 19 heavy (non-hydrogen) atoms. The first-order valence-corrected chi connectivity index (χ1v) is 6.34. The highest BCUT2D eigenvalue weighted by molar-refractivity contribution is 6.30. The number of halogens is 5. The molecule has 1 amide bonds. The second kappa shape index (κ2) is 7.01. The molecule has 0 unspecified atom stereocenters. The van der Waals surface area contributed by atoms with Crippen molar-refractivity contribution in [1.82, 2.24) is 5.32 Å². The summed E-state index contributed by atoms with van der Waals surface area (Å²) in [6, 6.07) is 6.19. The van der Waals surface area contributed by atoms with Crippen LogP contribution in [0.25, 0.3) is 0 Å². The second-order valence-corrected chi connectivity index (χ2v) is 5.02. The van der Waals surface area contributed by atoms with E-state index in [9.17, 15) is 18.0 Å². The zero-order chi connectivity index (χ0) is 14.5. The fraction of sp³-hybridized carbons (Fsp3) is 0.417. The van der Waals surface area contributed by atoms with E-state index in [0.717, 1.165) is 0 Å². The van der Waals surface area contributed by atoms with E-state index in [0.29, 0.717) is 10.6 Å². The monoisotopic (exact) mass is 313 g/mol. The molecule has 0 aliphatic carbocycles. The van der Waals surface area contributed by atoms with Crippen LogP contribution in [0.2, 0.25) is 5.02 Å². The lowest BCUT2D eigenvalue weighted by Gasteiger charge is -2.12. The molecule has 1 aromatic carbocycles. The SMILES string of the molecule is O=C(NCC[C@@H](Cl)CC(F)(F)F)c1ccc(Cl)cc1. The van der Waals surface area contributed by atoms with Gasteiger partial charge in [-0.05, 0) is 30.7 Å². The molecule has 0 saturated carbocycles. The predicted molar refractivity (Wildman–Crippen MR) is 68.7 cm³/mol. The first-order chi connectivity index (χ1) is 8.78. The van der Waals surface area contributed by atoms with Gasteiger partial charge in [-0.25, -0.2) is 0 Å². The van der Waals surface area contributed by atoms with Crippen molar-refractivity contribution < 1.29 is 18.0 Å². The van der Waals surface area contributed by atoms with Crippen molar-refractivity contribution in [2.45, 2.75) is 24.4 Å². The maximum Gasteiger partial charge on any atom is 0.390 e. The first kappa shape index (κ1) is 16.1. The summed E-state index contributed by atoms with van der Waals surface area (Å²) in [6.45, 7) is 0.0890. The van der Waals surface area contributed by atoms with Gasteiger partial charge in [-0.2, -0.15) is 13.2 Å². The average Bonchev–Trinajstić information content (AvgIpc) is 2.27. The Balaban J connectivity index is 2.33. The molecule has 1 aromatic rings. The zero-order valence-corrected chi connectivity index (χ0v) is 11.3. The Bertz CT molecular complexity index is 420. The van der Waals surface area contributed by atoms with Crippen LogP contribution in [0, 0.1) is 0 Å². The van der Waals surface area contributed by atoms with Crippen LogP contribution in [-0.2, 0) is 0 Å². The molecule has 2 nitrogen and oxygen atoms in total. The van der Waals surface area contributed by atoms with Gasteiger partial charge >= 0.3 is 6.18 Å². The van der Waals surface area contributed by atoms with Crippen LogP contribution in [0.5, 0.6) is 0 Å². The maximum atomic E-state index is 12.0. The quantitative estimate of drug-likeness (QED) is 0.817. The van der Waals surface area contributed by atoms with Gasteiger partial charge in [0.1, 0.15) is 0 Å². The molecule has 0 fully saturated rings. The van der Waals surface area contributed by atoms with Crippen LogP contribution in [-0.4, -0.2) is 24.0 Å². The first-order valence-electron chi connectivity index (χ1n) is 5.52. The van der Waals surface area contributed by atoms with Gasteiger partial charge in [0.25, 0.3) is 5.91 Å². The van der Waals surface area contributed by atoms with E-state index in [4.69, 9.17) is 23.2 Å². The molecule has 0 aromatic heterocycles. The van der Waals surface area contributed by atoms with E-state index in [1.807, 2.05) is 0 Å². The molecule has 106 valence electrons. The maximum absolute atomic E-state index is 12.0. The fourth-order valence-corrected chi connectivity index (χ4v) is 1.81. The highest BCUT2D eigenvalue weighted by Crippen LogP contribution is 2.25. The highest BCUT2D eigenvalue weighted by Gasteiger charge is 2.30. The van der Waals surface area contributed by atoms with Crippen LogP contribution in [0.3, 0.4) is 0 Å². The lowest BCUT2D eigenvalue weighted by atomic mass is 10.2. The zero-order valence-electron chi connectivity index (χ0n) is 9.81. The molecule has 0 saturated heterocycles. The molecule has 0 heterocycles. The van der Waals surface area contributed by atoms with Crippen LogP contribution in [0.1, 0.15) is 23.2 Å². The number of carbonyl (C=O) groups excluding carboxylic acids is 1. The van der Waals surface area contributed by atoms with Crippen molar-refractivity contribution in [1.29, 1.82) is 0 Å². The third-order valence-electron chi connectivity index (χ3n) is 2.30. The van der Waals surface area contributed by atoms with Crippen LogP contribution >= 0.6 is 23.2 Å². The minimum absolute atomic E-state index is 0.0559. The molecule has 0 spiro atoms. The number of benzene rings is 1. The number of amides is 1. The topological polar surface area (TPSA) is 29.1 Å². The van der Waals surface area contributed by atoms with Crippen molar-refractivity contribution >= 4 is 29.1 Å². The summed E-state index contributed by atoms with van der Waals surface area (Å²) < 4.78 is 36.0. The Morgan fingerprint density at radius 2 is 1.84 bits per heavy atom. The van der Waals surface area contributed by atoms with E-state index >= 15 is 0 Å². The minimum atomic E-state index is -4.29. The molecule has 1 rings (SSSR count). The van der Waals surface area contributed by atoms with E-state index in [1.165, 1.54) is 12.1 Å². The molecule has 1 atom stereocenters. The van der Waals surface area contributed by atoms with Gasteiger partial charge < -0.3 is 5.32 Å². The molecule has 0 aliphatic rings. The lowest BCUT2D eigenvalue weighted by molar-refractivity contribution is -0.134. The normalized spacial score (nSPS) is 13.1. The summed E-state index contributed by atoms with van der Waals surface area (Å²) in [6.07, 6.45) is -5.29. The van der Waals surface area contributed by atoms with Gasteiger partial charge in [-0.3, -0.25) is 4.79 Å².